The summed E-state index contributed by atoms with van der Waals surface area (Å²) in [5.41, 5.74) is 2.62. The van der Waals surface area contributed by atoms with Gasteiger partial charge in [0.1, 0.15) is 0 Å². The number of nitrogens with zero attached hydrogens (tertiary/aromatic N) is 3. The molecule has 62 valence electrons. The van der Waals surface area contributed by atoms with Crippen molar-refractivity contribution in [3.05, 3.63) is 29.6 Å². The van der Waals surface area contributed by atoms with Gasteiger partial charge >= 0.3 is 0 Å². The van der Waals surface area contributed by atoms with E-state index in [0.717, 1.165) is 17.0 Å². The average Bonchev–Trinajstić information content (AvgIpc) is 2.05. The Kier molecular flexibility index (Phi) is 2.69. The fourth-order valence-electron chi connectivity index (χ4n) is 0.964. The zero-order valence-electron chi connectivity index (χ0n) is 7.28. The second kappa shape index (κ2) is 3.76. The predicted molar refractivity (Wildman–Crippen MR) is 49.4 cm³/mol. The molecule has 0 bridgehead atoms. The van der Waals surface area contributed by atoms with Gasteiger partial charge in [-0.1, -0.05) is 18.7 Å². The van der Waals surface area contributed by atoms with Crippen molar-refractivity contribution in [2.75, 3.05) is 0 Å². The normalized spacial score (nSPS) is 10.5. The van der Waals surface area contributed by atoms with Crippen molar-refractivity contribution in [3.8, 4) is 0 Å². The highest BCUT2D eigenvalue weighted by Crippen LogP contribution is 2.10. The van der Waals surface area contributed by atoms with E-state index in [1.54, 1.807) is 6.08 Å². The van der Waals surface area contributed by atoms with E-state index in [-0.39, 0.29) is 0 Å². The third kappa shape index (κ3) is 1.56. The number of hydrogen-bond acceptors (Lipinski definition) is 3. The fraction of sp³-hybridized carbons (Fsp3) is 0.222. The van der Waals surface area contributed by atoms with Crippen LogP contribution in [0.1, 0.15) is 23.9 Å². The SMILES string of the molecule is C=Cc1c(C)nnnc1/C=C\C. The lowest BCUT2D eigenvalue weighted by atomic mass is 10.1. The molecule has 0 spiro atoms. The summed E-state index contributed by atoms with van der Waals surface area (Å²) < 4.78 is 0. The highest BCUT2D eigenvalue weighted by atomic mass is 15.3. The van der Waals surface area contributed by atoms with E-state index in [2.05, 4.69) is 22.0 Å². The van der Waals surface area contributed by atoms with Crippen LogP contribution in [0.4, 0.5) is 0 Å². The minimum Gasteiger partial charge on any atom is -0.135 e. The molecule has 0 amide bonds. The first-order valence-corrected chi connectivity index (χ1v) is 3.74. The maximum absolute atomic E-state index is 3.88. The van der Waals surface area contributed by atoms with Gasteiger partial charge in [0, 0.05) is 5.56 Å². The van der Waals surface area contributed by atoms with Gasteiger partial charge in [-0.2, -0.15) is 0 Å². The topological polar surface area (TPSA) is 38.7 Å². The second-order valence-corrected chi connectivity index (χ2v) is 2.38. The Balaban J connectivity index is 3.27. The summed E-state index contributed by atoms with van der Waals surface area (Å²) in [6.45, 7) is 7.52. The minimum absolute atomic E-state index is 0.819. The van der Waals surface area contributed by atoms with Crippen LogP contribution in [0, 0.1) is 6.92 Å². The zero-order chi connectivity index (χ0) is 8.97. The molecule has 0 radical (unpaired) electrons. The summed E-state index contributed by atoms with van der Waals surface area (Å²) in [4.78, 5) is 0. The maximum atomic E-state index is 3.88. The van der Waals surface area contributed by atoms with Gasteiger partial charge in [0.25, 0.3) is 0 Å². The first kappa shape index (κ1) is 8.59. The molecule has 3 nitrogen and oxygen atoms in total. The van der Waals surface area contributed by atoms with Crippen molar-refractivity contribution in [1.29, 1.82) is 0 Å². The van der Waals surface area contributed by atoms with Crippen LogP contribution in [0.5, 0.6) is 0 Å². The maximum Gasteiger partial charge on any atom is 0.0962 e. The Morgan fingerprint density at radius 2 is 2.08 bits per heavy atom. The summed E-state index contributed by atoms with van der Waals surface area (Å²) >= 11 is 0. The average molecular weight is 161 g/mol. The Morgan fingerprint density at radius 3 is 2.67 bits per heavy atom. The summed E-state index contributed by atoms with van der Waals surface area (Å²) in [5, 5.41) is 11.3. The van der Waals surface area contributed by atoms with Crippen LogP contribution in [-0.2, 0) is 0 Å². The summed E-state index contributed by atoms with van der Waals surface area (Å²) in [5.74, 6) is 0. The van der Waals surface area contributed by atoms with Gasteiger partial charge in [-0.3, -0.25) is 0 Å². The molecule has 0 atom stereocenters. The first-order valence-electron chi connectivity index (χ1n) is 3.74. The predicted octanol–water partition coefficient (Wildman–Crippen LogP) is 1.86. The number of rotatable bonds is 2. The van der Waals surface area contributed by atoms with Crippen molar-refractivity contribution >= 4 is 12.2 Å². The molecule has 0 aliphatic heterocycles. The molecule has 0 fully saturated rings. The standard InChI is InChI=1S/C9H11N3/c1-4-6-9-8(5-2)7(3)10-12-11-9/h4-6H,2H2,1,3H3/b6-4-. The summed E-state index contributed by atoms with van der Waals surface area (Å²) in [7, 11) is 0. The van der Waals surface area contributed by atoms with Crippen molar-refractivity contribution in [2.45, 2.75) is 13.8 Å². The molecule has 1 aromatic rings. The monoisotopic (exact) mass is 161 g/mol. The third-order valence-corrected chi connectivity index (χ3v) is 1.54. The quantitative estimate of drug-likeness (QED) is 0.664. The molecule has 0 unspecified atom stereocenters. The van der Waals surface area contributed by atoms with Crippen LogP contribution in [0.15, 0.2) is 12.7 Å². The first-order chi connectivity index (χ1) is 5.79. The van der Waals surface area contributed by atoms with Gasteiger partial charge in [-0.15, -0.1) is 10.2 Å². The van der Waals surface area contributed by atoms with Crippen LogP contribution in [0.3, 0.4) is 0 Å². The molecule has 3 heteroatoms. The van der Waals surface area contributed by atoms with E-state index in [4.69, 9.17) is 0 Å². The van der Waals surface area contributed by atoms with Crippen LogP contribution in [0.2, 0.25) is 0 Å². The molecule has 1 aromatic heterocycles. The summed E-state index contributed by atoms with van der Waals surface area (Å²) in [6, 6.07) is 0. The Bertz CT molecular complexity index is 316. The van der Waals surface area contributed by atoms with Gasteiger partial charge < -0.3 is 0 Å². The molecule has 0 saturated heterocycles. The molecule has 0 aliphatic carbocycles. The van der Waals surface area contributed by atoms with Gasteiger partial charge in [0.2, 0.25) is 0 Å². The van der Waals surface area contributed by atoms with E-state index in [1.165, 1.54) is 0 Å². The summed E-state index contributed by atoms with van der Waals surface area (Å²) in [6.07, 6.45) is 5.54. The minimum atomic E-state index is 0.819. The largest absolute Gasteiger partial charge is 0.135 e. The van der Waals surface area contributed by atoms with Gasteiger partial charge in [-0.25, -0.2) is 0 Å². The van der Waals surface area contributed by atoms with E-state index in [1.807, 2.05) is 26.0 Å². The zero-order valence-corrected chi connectivity index (χ0v) is 7.28. The molecule has 0 N–H and O–H groups in total. The van der Waals surface area contributed by atoms with Crippen molar-refractivity contribution in [3.63, 3.8) is 0 Å². The Hall–Kier alpha value is -1.51. The molecule has 0 aliphatic rings. The number of aryl methyl sites for hydroxylation is 1. The lowest BCUT2D eigenvalue weighted by Gasteiger charge is -1.99. The van der Waals surface area contributed by atoms with Gasteiger partial charge in [-0.05, 0) is 25.1 Å². The third-order valence-electron chi connectivity index (χ3n) is 1.54. The highest BCUT2D eigenvalue weighted by molar-refractivity contribution is 5.61. The number of allylic oxidation sites excluding steroid dienone is 1. The molecule has 1 heterocycles. The van der Waals surface area contributed by atoms with Crippen LogP contribution >= 0.6 is 0 Å². The fourth-order valence-corrected chi connectivity index (χ4v) is 0.964. The molecular formula is C9H11N3. The van der Waals surface area contributed by atoms with Crippen molar-refractivity contribution < 1.29 is 0 Å². The smallest absolute Gasteiger partial charge is 0.0962 e. The second-order valence-electron chi connectivity index (χ2n) is 2.38. The van der Waals surface area contributed by atoms with Crippen LogP contribution in [-0.4, -0.2) is 15.4 Å². The van der Waals surface area contributed by atoms with Gasteiger partial charge in [0.05, 0.1) is 11.4 Å². The van der Waals surface area contributed by atoms with Crippen molar-refractivity contribution in [2.24, 2.45) is 0 Å². The number of hydrogen-bond donors (Lipinski definition) is 0. The van der Waals surface area contributed by atoms with E-state index < -0.39 is 0 Å². The molecule has 0 saturated carbocycles. The Labute approximate surface area is 71.8 Å². The molecule has 1 rings (SSSR count). The van der Waals surface area contributed by atoms with Crippen LogP contribution < -0.4 is 0 Å². The van der Waals surface area contributed by atoms with Crippen LogP contribution in [0.25, 0.3) is 12.2 Å². The van der Waals surface area contributed by atoms with E-state index >= 15 is 0 Å². The number of aromatic nitrogens is 3. The van der Waals surface area contributed by atoms with Crippen molar-refractivity contribution in [1.82, 2.24) is 15.4 Å². The molecule has 12 heavy (non-hydrogen) atoms. The van der Waals surface area contributed by atoms with E-state index in [0.29, 0.717) is 0 Å². The molecule has 0 aromatic carbocycles. The lowest BCUT2D eigenvalue weighted by molar-refractivity contribution is 0.828. The Morgan fingerprint density at radius 1 is 1.33 bits per heavy atom. The highest BCUT2D eigenvalue weighted by Gasteiger charge is 2.01. The van der Waals surface area contributed by atoms with E-state index in [9.17, 15) is 0 Å². The molecular weight excluding hydrogens is 150 g/mol. The van der Waals surface area contributed by atoms with Gasteiger partial charge in [0.15, 0.2) is 0 Å². The lowest BCUT2D eigenvalue weighted by Crippen LogP contribution is -1.98.